The lowest BCUT2D eigenvalue weighted by atomic mass is 10.0. The highest BCUT2D eigenvalue weighted by molar-refractivity contribution is 5.86. The van der Waals surface area contributed by atoms with Crippen molar-refractivity contribution in [3.8, 4) is 11.1 Å². The first-order valence-electron chi connectivity index (χ1n) is 10.3. The monoisotopic (exact) mass is 465 g/mol. The van der Waals surface area contributed by atoms with Crippen LogP contribution in [-0.4, -0.2) is 52.3 Å². The smallest absolute Gasteiger partial charge is 0.328 e. The summed E-state index contributed by atoms with van der Waals surface area (Å²) >= 11 is 0. The Morgan fingerprint density at radius 3 is 2.76 bits per heavy atom. The van der Waals surface area contributed by atoms with Crippen LogP contribution in [0.25, 0.3) is 17.2 Å². The first kappa shape index (κ1) is 22.8. The minimum Gasteiger partial charge on any atom is -0.478 e. The summed E-state index contributed by atoms with van der Waals surface area (Å²) in [7, 11) is 0. The molecule has 0 atom stereocenters. The third-order valence-corrected chi connectivity index (χ3v) is 5.09. The average Bonchev–Trinajstić information content (AvgIpc) is 2.84. The summed E-state index contributed by atoms with van der Waals surface area (Å²) in [5.74, 6) is -1.17. The number of hydrogen-bond acceptors (Lipinski definition) is 8. The quantitative estimate of drug-likeness (QED) is 0.303. The summed E-state index contributed by atoms with van der Waals surface area (Å²) in [6, 6.07) is 10.8. The van der Waals surface area contributed by atoms with Crippen LogP contribution in [0.1, 0.15) is 5.56 Å². The number of nitro groups is 1. The van der Waals surface area contributed by atoms with Crippen LogP contribution >= 0.6 is 0 Å². The molecule has 2 aromatic carbocycles. The van der Waals surface area contributed by atoms with Crippen molar-refractivity contribution in [1.82, 2.24) is 9.97 Å². The zero-order valence-corrected chi connectivity index (χ0v) is 17.8. The normalized spacial score (nSPS) is 13.7. The van der Waals surface area contributed by atoms with E-state index in [-0.39, 0.29) is 11.6 Å². The second kappa shape index (κ2) is 10.0. The van der Waals surface area contributed by atoms with E-state index < -0.39 is 22.4 Å². The Morgan fingerprint density at radius 2 is 2.03 bits per heavy atom. The van der Waals surface area contributed by atoms with Gasteiger partial charge in [0.2, 0.25) is 11.8 Å². The van der Waals surface area contributed by atoms with E-state index in [1.54, 1.807) is 12.3 Å². The SMILES string of the molecule is O=C(O)/C=C/c1cccc(-c2cnc(Nc3ccc(F)c([N+](=O)[O-])c3)nc2N2CCOCC2)c1. The van der Waals surface area contributed by atoms with Crippen molar-refractivity contribution in [3.63, 3.8) is 0 Å². The van der Waals surface area contributed by atoms with Gasteiger partial charge in [0.1, 0.15) is 5.82 Å². The Labute approximate surface area is 193 Å². The number of benzene rings is 2. The van der Waals surface area contributed by atoms with Crippen molar-refractivity contribution in [2.45, 2.75) is 0 Å². The molecule has 0 aliphatic carbocycles. The Hall–Kier alpha value is -4.38. The second-order valence-electron chi connectivity index (χ2n) is 7.38. The lowest BCUT2D eigenvalue weighted by Gasteiger charge is -2.29. The molecule has 10 nitrogen and oxygen atoms in total. The number of carboxylic acids is 1. The Kier molecular flexibility index (Phi) is 6.74. The maximum absolute atomic E-state index is 13.7. The fourth-order valence-electron chi connectivity index (χ4n) is 3.49. The number of aromatic nitrogens is 2. The molecule has 1 saturated heterocycles. The van der Waals surface area contributed by atoms with Crippen LogP contribution in [0, 0.1) is 15.9 Å². The molecule has 4 rings (SSSR count). The lowest BCUT2D eigenvalue weighted by Crippen LogP contribution is -2.37. The number of ether oxygens (including phenoxy) is 1. The van der Waals surface area contributed by atoms with Gasteiger partial charge in [0.25, 0.3) is 0 Å². The number of nitrogens with zero attached hydrogens (tertiary/aromatic N) is 4. The molecule has 1 aromatic heterocycles. The lowest BCUT2D eigenvalue weighted by molar-refractivity contribution is -0.387. The number of carboxylic acid groups (broad SMARTS) is 1. The molecule has 0 unspecified atom stereocenters. The number of nitro benzene ring substituents is 1. The highest BCUT2D eigenvalue weighted by Gasteiger charge is 2.20. The fourth-order valence-corrected chi connectivity index (χ4v) is 3.49. The number of carbonyl (C=O) groups is 1. The molecular weight excluding hydrogens is 445 g/mol. The van der Waals surface area contributed by atoms with E-state index in [9.17, 15) is 19.3 Å². The van der Waals surface area contributed by atoms with Crippen LogP contribution in [-0.2, 0) is 9.53 Å². The van der Waals surface area contributed by atoms with Gasteiger partial charge in [0.15, 0.2) is 0 Å². The van der Waals surface area contributed by atoms with Crippen molar-refractivity contribution in [3.05, 3.63) is 76.2 Å². The highest BCUT2D eigenvalue weighted by Crippen LogP contribution is 2.32. The first-order chi connectivity index (χ1) is 16.4. The standard InChI is InChI=1S/C23H20FN5O5/c24-19-6-5-17(13-20(19)29(32)33)26-23-25-14-18(22(27-23)28-8-10-34-11-9-28)16-3-1-2-15(12-16)4-7-21(30)31/h1-7,12-14H,8-11H2,(H,30,31)(H,25,26,27)/b7-4+. The van der Waals surface area contributed by atoms with Crippen LogP contribution in [0.4, 0.5) is 27.5 Å². The zero-order chi connectivity index (χ0) is 24.1. The van der Waals surface area contributed by atoms with Crippen LogP contribution < -0.4 is 10.2 Å². The minimum absolute atomic E-state index is 0.188. The molecule has 0 bridgehead atoms. The summed E-state index contributed by atoms with van der Waals surface area (Å²) in [4.78, 5) is 32.1. The molecule has 2 heterocycles. The number of rotatable bonds is 7. The molecule has 0 saturated carbocycles. The zero-order valence-electron chi connectivity index (χ0n) is 17.8. The van der Waals surface area contributed by atoms with E-state index in [4.69, 9.17) is 9.84 Å². The molecule has 34 heavy (non-hydrogen) atoms. The van der Waals surface area contributed by atoms with Gasteiger partial charge in [-0.15, -0.1) is 0 Å². The molecule has 1 aliphatic heterocycles. The molecule has 1 fully saturated rings. The van der Waals surface area contributed by atoms with E-state index in [1.807, 2.05) is 23.1 Å². The van der Waals surface area contributed by atoms with E-state index in [0.29, 0.717) is 37.7 Å². The maximum Gasteiger partial charge on any atom is 0.328 e. The summed E-state index contributed by atoms with van der Waals surface area (Å²) in [5.41, 5.74) is 1.84. The van der Waals surface area contributed by atoms with E-state index in [1.165, 1.54) is 12.1 Å². The van der Waals surface area contributed by atoms with E-state index in [0.717, 1.165) is 29.3 Å². The third-order valence-electron chi connectivity index (χ3n) is 5.09. The molecule has 3 aromatic rings. The number of halogens is 1. The van der Waals surface area contributed by atoms with Crippen LogP contribution in [0.3, 0.4) is 0 Å². The van der Waals surface area contributed by atoms with Gasteiger partial charge in [0.05, 0.1) is 18.1 Å². The van der Waals surface area contributed by atoms with E-state index in [2.05, 4.69) is 15.3 Å². The summed E-state index contributed by atoms with van der Waals surface area (Å²) < 4.78 is 19.1. The van der Waals surface area contributed by atoms with Gasteiger partial charge in [-0.25, -0.2) is 9.78 Å². The summed E-state index contributed by atoms with van der Waals surface area (Å²) in [6.45, 7) is 2.25. The van der Waals surface area contributed by atoms with Gasteiger partial charge >= 0.3 is 11.7 Å². The van der Waals surface area contributed by atoms with E-state index >= 15 is 0 Å². The molecular formula is C23H20FN5O5. The third kappa shape index (κ3) is 5.33. The minimum atomic E-state index is -1.04. The predicted octanol–water partition coefficient (Wildman–Crippen LogP) is 3.87. The largest absolute Gasteiger partial charge is 0.478 e. The molecule has 0 amide bonds. The number of anilines is 3. The fraction of sp³-hybridized carbons (Fsp3) is 0.174. The molecule has 174 valence electrons. The van der Waals surface area contributed by atoms with Crippen LogP contribution in [0.5, 0.6) is 0 Å². The average molecular weight is 465 g/mol. The van der Waals surface area contributed by atoms with Gasteiger partial charge < -0.3 is 20.1 Å². The molecule has 2 N–H and O–H groups in total. The highest BCUT2D eigenvalue weighted by atomic mass is 19.1. The van der Waals surface area contributed by atoms with Crippen molar-refractivity contribution < 1.29 is 24.0 Å². The molecule has 0 spiro atoms. The maximum atomic E-state index is 13.7. The molecule has 1 aliphatic rings. The summed E-state index contributed by atoms with van der Waals surface area (Å²) in [6.07, 6.45) is 4.18. The van der Waals surface area contributed by atoms with Gasteiger partial charge in [-0.05, 0) is 35.4 Å². The van der Waals surface area contributed by atoms with Gasteiger partial charge in [-0.2, -0.15) is 9.37 Å². The van der Waals surface area contributed by atoms with Gasteiger partial charge in [0, 0.05) is 42.7 Å². The Bertz CT molecular complexity index is 1260. The topological polar surface area (TPSA) is 131 Å². The number of aliphatic carboxylic acids is 1. The van der Waals surface area contributed by atoms with Crippen molar-refractivity contribution >= 4 is 35.2 Å². The van der Waals surface area contributed by atoms with Crippen LogP contribution in [0.2, 0.25) is 0 Å². The number of nitrogens with one attached hydrogen (secondary N) is 1. The second-order valence-corrected chi connectivity index (χ2v) is 7.38. The Morgan fingerprint density at radius 1 is 1.24 bits per heavy atom. The first-order valence-corrected chi connectivity index (χ1v) is 10.3. The van der Waals surface area contributed by atoms with Crippen molar-refractivity contribution in [2.75, 3.05) is 36.5 Å². The molecule has 0 radical (unpaired) electrons. The number of hydrogen-bond donors (Lipinski definition) is 2. The predicted molar refractivity (Wildman–Crippen MR) is 124 cm³/mol. The summed E-state index contributed by atoms with van der Waals surface area (Å²) in [5, 5.41) is 22.9. The van der Waals surface area contributed by atoms with Gasteiger partial charge in [-0.3, -0.25) is 10.1 Å². The number of morpholine rings is 1. The van der Waals surface area contributed by atoms with Crippen molar-refractivity contribution in [2.24, 2.45) is 0 Å². The van der Waals surface area contributed by atoms with Crippen molar-refractivity contribution in [1.29, 1.82) is 0 Å². The van der Waals surface area contributed by atoms with Gasteiger partial charge in [-0.1, -0.05) is 18.2 Å². The Balaban J connectivity index is 1.71. The molecule has 11 heteroatoms. The van der Waals surface area contributed by atoms with Crippen LogP contribution in [0.15, 0.2) is 54.7 Å².